The van der Waals surface area contributed by atoms with Gasteiger partial charge < -0.3 is 11.1 Å². The fraction of sp³-hybridized carbons (Fsp3) is 0.0714. The highest BCUT2D eigenvalue weighted by Gasteiger charge is 2.09. The van der Waals surface area contributed by atoms with Crippen molar-refractivity contribution in [2.45, 2.75) is 6.92 Å². The summed E-state index contributed by atoms with van der Waals surface area (Å²) in [5.74, 6) is -0.633. The first-order chi connectivity index (χ1) is 8.56. The standard InChI is InChI=1S/C14H13FN2O/c1-9-7-10(15)5-6-13(9)14(18)17-12-4-2-3-11(16)8-12/h2-8H,16H2,1H3,(H,17,18). The molecule has 0 unspecified atom stereocenters. The number of carbonyl (C=O) groups is 1. The highest BCUT2D eigenvalue weighted by atomic mass is 19.1. The monoisotopic (exact) mass is 244 g/mol. The van der Waals surface area contributed by atoms with Gasteiger partial charge in [-0.15, -0.1) is 0 Å². The predicted octanol–water partition coefficient (Wildman–Crippen LogP) is 2.97. The van der Waals surface area contributed by atoms with Crippen molar-refractivity contribution in [3.05, 3.63) is 59.4 Å². The Balaban J connectivity index is 2.22. The summed E-state index contributed by atoms with van der Waals surface area (Å²) in [5, 5.41) is 2.72. The molecule has 0 radical (unpaired) electrons. The van der Waals surface area contributed by atoms with Gasteiger partial charge in [-0.3, -0.25) is 4.79 Å². The lowest BCUT2D eigenvalue weighted by atomic mass is 10.1. The van der Waals surface area contributed by atoms with Crippen molar-refractivity contribution in [3.63, 3.8) is 0 Å². The molecule has 92 valence electrons. The molecule has 3 nitrogen and oxygen atoms in total. The summed E-state index contributed by atoms with van der Waals surface area (Å²) < 4.78 is 12.9. The maximum atomic E-state index is 12.9. The van der Waals surface area contributed by atoms with E-state index in [0.29, 0.717) is 22.5 Å². The van der Waals surface area contributed by atoms with Crippen LogP contribution in [-0.2, 0) is 0 Å². The van der Waals surface area contributed by atoms with Gasteiger partial charge >= 0.3 is 0 Å². The summed E-state index contributed by atoms with van der Waals surface area (Å²) in [7, 11) is 0. The molecule has 0 fully saturated rings. The quantitative estimate of drug-likeness (QED) is 0.798. The molecule has 0 aliphatic rings. The minimum absolute atomic E-state index is 0.280. The van der Waals surface area contributed by atoms with E-state index in [1.165, 1.54) is 18.2 Å². The second kappa shape index (κ2) is 4.87. The van der Waals surface area contributed by atoms with Crippen LogP contribution in [0.15, 0.2) is 42.5 Å². The van der Waals surface area contributed by atoms with Crippen molar-refractivity contribution < 1.29 is 9.18 Å². The van der Waals surface area contributed by atoms with Crippen molar-refractivity contribution >= 4 is 17.3 Å². The highest BCUT2D eigenvalue weighted by Crippen LogP contribution is 2.15. The summed E-state index contributed by atoms with van der Waals surface area (Å²) in [6, 6.07) is 11.0. The van der Waals surface area contributed by atoms with E-state index in [9.17, 15) is 9.18 Å². The van der Waals surface area contributed by atoms with Gasteiger partial charge in [-0.05, 0) is 48.9 Å². The molecular weight excluding hydrogens is 231 g/mol. The molecule has 2 aromatic carbocycles. The third-order valence-electron chi connectivity index (χ3n) is 2.58. The van der Waals surface area contributed by atoms with E-state index >= 15 is 0 Å². The fourth-order valence-electron chi connectivity index (χ4n) is 1.70. The zero-order chi connectivity index (χ0) is 13.1. The fourth-order valence-corrected chi connectivity index (χ4v) is 1.70. The van der Waals surface area contributed by atoms with Gasteiger partial charge in [0.25, 0.3) is 5.91 Å². The van der Waals surface area contributed by atoms with E-state index < -0.39 is 0 Å². The number of rotatable bonds is 2. The van der Waals surface area contributed by atoms with E-state index in [4.69, 9.17) is 5.73 Å². The van der Waals surface area contributed by atoms with Crippen LogP contribution in [0.25, 0.3) is 0 Å². The lowest BCUT2D eigenvalue weighted by Gasteiger charge is -2.08. The SMILES string of the molecule is Cc1cc(F)ccc1C(=O)Nc1cccc(N)c1. The van der Waals surface area contributed by atoms with Crippen LogP contribution in [-0.4, -0.2) is 5.91 Å². The first-order valence-electron chi connectivity index (χ1n) is 5.49. The highest BCUT2D eigenvalue weighted by molar-refractivity contribution is 6.05. The smallest absolute Gasteiger partial charge is 0.255 e. The van der Waals surface area contributed by atoms with E-state index in [2.05, 4.69) is 5.32 Å². The maximum absolute atomic E-state index is 12.9. The van der Waals surface area contributed by atoms with Crippen molar-refractivity contribution in [2.75, 3.05) is 11.1 Å². The molecule has 4 heteroatoms. The van der Waals surface area contributed by atoms with Gasteiger partial charge in [-0.1, -0.05) is 6.07 Å². The molecule has 0 atom stereocenters. The number of aryl methyl sites for hydroxylation is 1. The van der Waals surface area contributed by atoms with E-state index in [0.717, 1.165) is 0 Å². The van der Waals surface area contributed by atoms with Gasteiger partial charge in [-0.2, -0.15) is 0 Å². The van der Waals surface area contributed by atoms with Gasteiger partial charge in [0.2, 0.25) is 0 Å². The van der Waals surface area contributed by atoms with Crippen LogP contribution in [0, 0.1) is 12.7 Å². The zero-order valence-corrected chi connectivity index (χ0v) is 9.91. The lowest BCUT2D eigenvalue weighted by Crippen LogP contribution is -2.13. The van der Waals surface area contributed by atoms with Gasteiger partial charge in [0.1, 0.15) is 5.82 Å². The molecule has 3 N–H and O–H groups in total. The van der Waals surface area contributed by atoms with Crippen molar-refractivity contribution in [2.24, 2.45) is 0 Å². The Hall–Kier alpha value is -2.36. The summed E-state index contributed by atoms with van der Waals surface area (Å²) in [4.78, 5) is 12.0. The Bertz CT molecular complexity index is 596. The Labute approximate surface area is 104 Å². The third kappa shape index (κ3) is 2.66. The first kappa shape index (κ1) is 12.1. The molecule has 0 aliphatic heterocycles. The van der Waals surface area contributed by atoms with Crippen LogP contribution in [0.3, 0.4) is 0 Å². The van der Waals surface area contributed by atoms with Crippen molar-refractivity contribution in [1.82, 2.24) is 0 Å². The van der Waals surface area contributed by atoms with Crippen LogP contribution in [0.2, 0.25) is 0 Å². The number of nitrogen functional groups attached to an aromatic ring is 1. The molecular formula is C14H13FN2O. The van der Waals surface area contributed by atoms with Crippen LogP contribution in [0.4, 0.5) is 15.8 Å². The summed E-state index contributed by atoms with van der Waals surface area (Å²) in [5.41, 5.74) is 7.85. The first-order valence-corrected chi connectivity index (χ1v) is 5.49. The minimum atomic E-state index is -0.354. The number of hydrogen-bond acceptors (Lipinski definition) is 2. The van der Waals surface area contributed by atoms with Crippen molar-refractivity contribution in [1.29, 1.82) is 0 Å². The van der Waals surface area contributed by atoms with Gasteiger partial charge in [0.05, 0.1) is 0 Å². The number of halogens is 1. The molecule has 2 aromatic rings. The lowest BCUT2D eigenvalue weighted by molar-refractivity contribution is 0.102. The van der Waals surface area contributed by atoms with E-state index in [-0.39, 0.29) is 11.7 Å². The second-order valence-corrected chi connectivity index (χ2v) is 4.04. The molecule has 0 saturated carbocycles. The Kier molecular flexibility index (Phi) is 3.28. The number of nitrogens with one attached hydrogen (secondary N) is 1. The molecule has 0 aromatic heterocycles. The van der Waals surface area contributed by atoms with E-state index in [1.54, 1.807) is 31.2 Å². The number of amides is 1. The maximum Gasteiger partial charge on any atom is 0.255 e. The summed E-state index contributed by atoms with van der Waals surface area (Å²) >= 11 is 0. The average Bonchev–Trinajstić information content (AvgIpc) is 2.28. The topological polar surface area (TPSA) is 55.1 Å². The minimum Gasteiger partial charge on any atom is -0.399 e. The Morgan fingerprint density at radius 3 is 2.67 bits per heavy atom. The molecule has 0 heterocycles. The Morgan fingerprint density at radius 2 is 2.00 bits per heavy atom. The summed E-state index contributed by atoms with van der Waals surface area (Å²) in [6.07, 6.45) is 0. The van der Waals surface area contributed by atoms with Crippen molar-refractivity contribution in [3.8, 4) is 0 Å². The molecule has 0 spiro atoms. The predicted molar refractivity (Wildman–Crippen MR) is 69.9 cm³/mol. The molecule has 2 rings (SSSR count). The van der Waals surface area contributed by atoms with E-state index in [1.807, 2.05) is 0 Å². The largest absolute Gasteiger partial charge is 0.399 e. The van der Waals surface area contributed by atoms with Crippen LogP contribution in [0.5, 0.6) is 0 Å². The number of benzene rings is 2. The van der Waals surface area contributed by atoms with Crippen LogP contribution in [0.1, 0.15) is 15.9 Å². The van der Waals surface area contributed by atoms with Crippen LogP contribution < -0.4 is 11.1 Å². The molecule has 18 heavy (non-hydrogen) atoms. The van der Waals surface area contributed by atoms with Crippen LogP contribution >= 0.6 is 0 Å². The van der Waals surface area contributed by atoms with Gasteiger partial charge in [0, 0.05) is 16.9 Å². The second-order valence-electron chi connectivity index (χ2n) is 4.04. The molecule has 0 saturated heterocycles. The number of anilines is 2. The number of hydrogen-bond donors (Lipinski definition) is 2. The van der Waals surface area contributed by atoms with Gasteiger partial charge in [0.15, 0.2) is 0 Å². The number of carbonyl (C=O) groups excluding carboxylic acids is 1. The Morgan fingerprint density at radius 1 is 1.22 bits per heavy atom. The molecule has 0 bridgehead atoms. The molecule has 0 aliphatic carbocycles. The molecule has 1 amide bonds. The zero-order valence-electron chi connectivity index (χ0n) is 9.91. The average molecular weight is 244 g/mol. The third-order valence-corrected chi connectivity index (χ3v) is 2.58. The normalized spacial score (nSPS) is 10.1. The number of nitrogens with two attached hydrogens (primary N) is 1. The summed E-state index contributed by atoms with van der Waals surface area (Å²) in [6.45, 7) is 1.69. The van der Waals surface area contributed by atoms with Gasteiger partial charge in [-0.25, -0.2) is 4.39 Å².